The topological polar surface area (TPSA) is 98.7 Å². The van der Waals surface area contributed by atoms with Gasteiger partial charge in [0.2, 0.25) is 11.8 Å². The van der Waals surface area contributed by atoms with Gasteiger partial charge in [-0.2, -0.15) is 0 Å². The second-order valence-corrected chi connectivity index (χ2v) is 7.34. The highest BCUT2D eigenvalue weighted by Gasteiger charge is 2.05. The molecule has 0 fully saturated rings. The van der Waals surface area contributed by atoms with Gasteiger partial charge < -0.3 is 20.8 Å². The van der Waals surface area contributed by atoms with Crippen molar-refractivity contribution in [3.63, 3.8) is 0 Å². The van der Waals surface area contributed by atoms with Crippen LogP contribution in [0.4, 0.5) is 0 Å². The number of carbonyl (C=O) groups is 2. The molecular formula is C20H40N2O4. The average molecular weight is 373 g/mol. The number of unbranched alkanes of at least 4 members (excludes halogenated alkanes) is 9. The van der Waals surface area contributed by atoms with Crippen molar-refractivity contribution in [2.24, 2.45) is 0 Å². The Morgan fingerprint density at radius 2 is 0.885 bits per heavy atom. The van der Waals surface area contributed by atoms with E-state index >= 15 is 0 Å². The molecule has 0 saturated carbocycles. The van der Waals surface area contributed by atoms with Crippen LogP contribution in [0.5, 0.6) is 0 Å². The zero-order chi connectivity index (χ0) is 19.6. The molecule has 0 saturated heterocycles. The Balaban J connectivity index is 3.18. The molecule has 4 N–H and O–H groups in total. The zero-order valence-corrected chi connectivity index (χ0v) is 16.8. The predicted molar refractivity (Wildman–Crippen MR) is 105 cm³/mol. The van der Waals surface area contributed by atoms with E-state index in [4.69, 9.17) is 10.2 Å². The van der Waals surface area contributed by atoms with Gasteiger partial charge in [-0.3, -0.25) is 9.59 Å². The van der Waals surface area contributed by atoms with Crippen molar-refractivity contribution < 1.29 is 19.8 Å². The quantitative estimate of drug-likeness (QED) is 0.295. The lowest BCUT2D eigenvalue weighted by Gasteiger charge is -2.07. The lowest BCUT2D eigenvalue weighted by atomic mass is 10.1. The third kappa shape index (κ3) is 19.2. The maximum absolute atomic E-state index is 11.3. The van der Waals surface area contributed by atoms with Crippen LogP contribution in [0.1, 0.15) is 90.9 Å². The zero-order valence-electron chi connectivity index (χ0n) is 16.8. The van der Waals surface area contributed by atoms with Gasteiger partial charge in [0.1, 0.15) is 0 Å². The number of aliphatic hydroxyl groups excluding tert-OH is 2. The van der Waals surface area contributed by atoms with Gasteiger partial charge in [-0.05, 0) is 26.7 Å². The highest BCUT2D eigenvalue weighted by atomic mass is 16.3. The number of nitrogens with one attached hydrogen (secondary N) is 2. The minimum absolute atomic E-state index is 0.0671. The maximum atomic E-state index is 11.3. The van der Waals surface area contributed by atoms with Crippen LogP contribution in [0.15, 0.2) is 0 Å². The molecule has 0 aliphatic carbocycles. The number of amides is 2. The molecule has 6 heteroatoms. The Hall–Kier alpha value is -1.14. The first-order chi connectivity index (χ1) is 12.4. The molecule has 2 atom stereocenters. The molecule has 6 nitrogen and oxygen atoms in total. The normalized spacial score (nSPS) is 13.2. The predicted octanol–water partition coefficient (Wildman–Crippen LogP) is 2.66. The van der Waals surface area contributed by atoms with Crippen molar-refractivity contribution in [2.75, 3.05) is 13.1 Å². The van der Waals surface area contributed by atoms with Crippen molar-refractivity contribution >= 4 is 11.8 Å². The number of carbonyl (C=O) groups excluding carboxylic acids is 2. The Labute approximate surface area is 159 Å². The van der Waals surface area contributed by atoms with Gasteiger partial charge in [0.05, 0.1) is 25.0 Å². The molecule has 0 aliphatic rings. The standard InChI is InChI=1S/C20H40N2O4/c1-17(23)15-19(25)21-13-11-9-7-5-3-4-6-8-10-12-14-22-20(26)16-18(2)24/h17-18,23-24H,3-16H2,1-2H3,(H,21,25)(H,22,26). The third-order valence-electron chi connectivity index (χ3n) is 4.21. The van der Waals surface area contributed by atoms with E-state index < -0.39 is 12.2 Å². The molecule has 0 heterocycles. The number of rotatable bonds is 17. The average Bonchev–Trinajstić information content (AvgIpc) is 2.53. The van der Waals surface area contributed by atoms with Crippen LogP contribution in [0.3, 0.4) is 0 Å². The summed E-state index contributed by atoms with van der Waals surface area (Å²) in [7, 11) is 0. The summed E-state index contributed by atoms with van der Waals surface area (Å²) < 4.78 is 0. The summed E-state index contributed by atoms with van der Waals surface area (Å²) in [5.41, 5.74) is 0. The van der Waals surface area contributed by atoms with Gasteiger partial charge >= 0.3 is 0 Å². The summed E-state index contributed by atoms with van der Waals surface area (Å²) in [5, 5.41) is 23.8. The molecule has 26 heavy (non-hydrogen) atoms. The molecule has 0 bridgehead atoms. The second kappa shape index (κ2) is 17.3. The van der Waals surface area contributed by atoms with Crippen LogP contribution in [0.25, 0.3) is 0 Å². The summed E-state index contributed by atoms with van der Waals surface area (Å²) in [6, 6.07) is 0. The van der Waals surface area contributed by atoms with E-state index in [2.05, 4.69) is 10.6 Å². The van der Waals surface area contributed by atoms with Crippen molar-refractivity contribution in [2.45, 2.75) is 103 Å². The van der Waals surface area contributed by atoms with Gasteiger partial charge in [-0.25, -0.2) is 0 Å². The minimum Gasteiger partial charge on any atom is -0.393 e. The Bertz CT molecular complexity index is 326. The summed E-state index contributed by atoms with van der Waals surface area (Å²) in [5.74, 6) is -0.134. The van der Waals surface area contributed by atoms with Crippen LogP contribution < -0.4 is 10.6 Å². The largest absolute Gasteiger partial charge is 0.393 e. The molecule has 154 valence electrons. The number of hydrogen-bond acceptors (Lipinski definition) is 4. The van der Waals surface area contributed by atoms with Crippen molar-refractivity contribution in [3.05, 3.63) is 0 Å². The summed E-state index contributed by atoms with van der Waals surface area (Å²) in [6.07, 6.45) is 11.0. The fourth-order valence-corrected chi connectivity index (χ4v) is 2.80. The van der Waals surface area contributed by atoms with Gasteiger partial charge in [-0.1, -0.05) is 51.4 Å². The van der Waals surface area contributed by atoms with Crippen molar-refractivity contribution in [1.82, 2.24) is 10.6 Å². The lowest BCUT2D eigenvalue weighted by molar-refractivity contribution is -0.123. The maximum Gasteiger partial charge on any atom is 0.222 e. The van der Waals surface area contributed by atoms with Gasteiger partial charge in [0.15, 0.2) is 0 Å². The van der Waals surface area contributed by atoms with Crippen molar-refractivity contribution in [3.8, 4) is 0 Å². The van der Waals surface area contributed by atoms with E-state index in [0.717, 1.165) is 25.7 Å². The van der Waals surface area contributed by atoms with E-state index in [1.807, 2.05) is 0 Å². The third-order valence-corrected chi connectivity index (χ3v) is 4.21. The van der Waals surface area contributed by atoms with Gasteiger partial charge in [0, 0.05) is 13.1 Å². The Morgan fingerprint density at radius 1 is 0.615 bits per heavy atom. The summed E-state index contributed by atoms with van der Waals surface area (Å²) in [6.45, 7) is 4.66. The summed E-state index contributed by atoms with van der Waals surface area (Å²) >= 11 is 0. The molecule has 0 spiro atoms. The summed E-state index contributed by atoms with van der Waals surface area (Å²) in [4.78, 5) is 22.7. The molecule has 0 aromatic carbocycles. The van der Waals surface area contributed by atoms with Crippen LogP contribution >= 0.6 is 0 Å². The fourth-order valence-electron chi connectivity index (χ4n) is 2.80. The first-order valence-electron chi connectivity index (χ1n) is 10.3. The Morgan fingerprint density at radius 3 is 1.15 bits per heavy atom. The van der Waals surface area contributed by atoms with E-state index in [1.54, 1.807) is 13.8 Å². The van der Waals surface area contributed by atoms with Gasteiger partial charge in [-0.15, -0.1) is 0 Å². The second-order valence-electron chi connectivity index (χ2n) is 7.34. The Kier molecular flexibility index (Phi) is 16.5. The molecule has 0 aromatic heterocycles. The number of aliphatic hydroxyl groups is 2. The smallest absolute Gasteiger partial charge is 0.222 e. The van der Waals surface area contributed by atoms with Crippen LogP contribution in [-0.2, 0) is 9.59 Å². The van der Waals surface area contributed by atoms with Crippen LogP contribution in [0, 0.1) is 0 Å². The lowest BCUT2D eigenvalue weighted by Crippen LogP contribution is -2.27. The van der Waals surface area contributed by atoms with E-state index in [0.29, 0.717) is 13.1 Å². The van der Waals surface area contributed by atoms with Crippen LogP contribution in [-0.4, -0.2) is 47.3 Å². The molecule has 2 unspecified atom stereocenters. The van der Waals surface area contributed by atoms with E-state index in [1.165, 1.54) is 38.5 Å². The fraction of sp³-hybridized carbons (Fsp3) is 0.900. The molecular weight excluding hydrogens is 332 g/mol. The van der Waals surface area contributed by atoms with E-state index in [-0.39, 0.29) is 24.7 Å². The highest BCUT2D eigenvalue weighted by Crippen LogP contribution is 2.10. The monoisotopic (exact) mass is 372 g/mol. The molecule has 2 amide bonds. The SMILES string of the molecule is CC(O)CC(=O)NCCCCCCCCCCCCNC(=O)CC(C)O. The molecule has 0 aliphatic heterocycles. The first kappa shape index (κ1) is 24.9. The molecule has 0 aromatic rings. The minimum atomic E-state index is -0.566. The van der Waals surface area contributed by atoms with Gasteiger partial charge in [0.25, 0.3) is 0 Å². The number of hydrogen-bond donors (Lipinski definition) is 4. The molecule has 0 rings (SSSR count). The van der Waals surface area contributed by atoms with Crippen molar-refractivity contribution in [1.29, 1.82) is 0 Å². The van der Waals surface area contributed by atoms with E-state index in [9.17, 15) is 9.59 Å². The molecule has 0 radical (unpaired) electrons. The first-order valence-corrected chi connectivity index (χ1v) is 10.3. The highest BCUT2D eigenvalue weighted by molar-refractivity contribution is 5.76. The van der Waals surface area contributed by atoms with Crippen LogP contribution in [0.2, 0.25) is 0 Å².